The van der Waals surface area contributed by atoms with Crippen molar-refractivity contribution >= 4 is 11.8 Å². The molecule has 0 bridgehead atoms. The summed E-state index contributed by atoms with van der Waals surface area (Å²) in [6.07, 6.45) is 1.62. The fourth-order valence-corrected chi connectivity index (χ4v) is 2.28. The lowest BCUT2D eigenvalue weighted by atomic mass is 10.2. The molecule has 2 N–H and O–H groups in total. The van der Waals surface area contributed by atoms with Crippen LogP contribution < -0.4 is 5.73 Å². The van der Waals surface area contributed by atoms with Crippen molar-refractivity contribution in [3.63, 3.8) is 0 Å². The molecule has 1 atom stereocenters. The molecule has 2 rings (SSSR count). The van der Waals surface area contributed by atoms with E-state index in [1.807, 2.05) is 9.80 Å². The summed E-state index contributed by atoms with van der Waals surface area (Å²) in [5, 5.41) is 0. The van der Waals surface area contributed by atoms with Crippen LogP contribution >= 0.6 is 0 Å². The van der Waals surface area contributed by atoms with Crippen LogP contribution in [0.1, 0.15) is 12.8 Å². The van der Waals surface area contributed by atoms with Crippen LogP contribution in [0.15, 0.2) is 0 Å². The van der Waals surface area contributed by atoms with Crippen LogP contribution in [-0.4, -0.2) is 67.0 Å². The SMILES string of the molecule is NC(=O)C1CN(CC(=O)N2CCCC2)CCO1. The topological polar surface area (TPSA) is 75.9 Å². The van der Waals surface area contributed by atoms with Gasteiger partial charge in [0.2, 0.25) is 11.8 Å². The summed E-state index contributed by atoms with van der Waals surface area (Å²) in [5.41, 5.74) is 5.20. The van der Waals surface area contributed by atoms with E-state index in [0.29, 0.717) is 26.2 Å². The highest BCUT2D eigenvalue weighted by atomic mass is 16.5. The van der Waals surface area contributed by atoms with Crippen molar-refractivity contribution in [3.8, 4) is 0 Å². The molecule has 17 heavy (non-hydrogen) atoms. The van der Waals surface area contributed by atoms with E-state index < -0.39 is 12.0 Å². The molecular formula is C11H19N3O3. The van der Waals surface area contributed by atoms with E-state index in [4.69, 9.17) is 10.5 Å². The van der Waals surface area contributed by atoms with Crippen LogP contribution in [0.5, 0.6) is 0 Å². The van der Waals surface area contributed by atoms with Crippen LogP contribution in [0.2, 0.25) is 0 Å². The number of hydrogen-bond acceptors (Lipinski definition) is 4. The second-order valence-electron chi connectivity index (χ2n) is 4.58. The first-order valence-electron chi connectivity index (χ1n) is 6.08. The van der Waals surface area contributed by atoms with Gasteiger partial charge in [-0.25, -0.2) is 0 Å². The van der Waals surface area contributed by atoms with Gasteiger partial charge >= 0.3 is 0 Å². The Hall–Kier alpha value is -1.14. The number of hydrogen-bond donors (Lipinski definition) is 1. The molecule has 0 aromatic heterocycles. The molecule has 2 saturated heterocycles. The number of nitrogens with zero attached hydrogens (tertiary/aromatic N) is 2. The first-order chi connectivity index (χ1) is 8.16. The maximum Gasteiger partial charge on any atom is 0.247 e. The predicted octanol–water partition coefficient (Wildman–Crippen LogP) is -1.21. The van der Waals surface area contributed by atoms with Crippen molar-refractivity contribution in [2.24, 2.45) is 5.73 Å². The molecule has 0 spiro atoms. The van der Waals surface area contributed by atoms with E-state index in [-0.39, 0.29) is 5.91 Å². The number of carbonyl (C=O) groups excluding carboxylic acids is 2. The lowest BCUT2D eigenvalue weighted by Gasteiger charge is -2.31. The average Bonchev–Trinajstić information content (AvgIpc) is 2.82. The maximum absolute atomic E-state index is 11.9. The number of primary amides is 1. The molecule has 2 aliphatic rings. The smallest absolute Gasteiger partial charge is 0.247 e. The molecule has 0 aromatic carbocycles. The first kappa shape index (κ1) is 12.3. The fourth-order valence-electron chi connectivity index (χ4n) is 2.28. The second-order valence-corrected chi connectivity index (χ2v) is 4.58. The number of likely N-dealkylation sites (tertiary alicyclic amines) is 1. The molecular weight excluding hydrogens is 222 g/mol. The van der Waals surface area contributed by atoms with E-state index in [2.05, 4.69) is 0 Å². The zero-order valence-electron chi connectivity index (χ0n) is 9.93. The number of carbonyl (C=O) groups is 2. The second kappa shape index (κ2) is 5.46. The Balaban J connectivity index is 1.81. The maximum atomic E-state index is 11.9. The van der Waals surface area contributed by atoms with Gasteiger partial charge in [0.15, 0.2) is 0 Å². The third-order valence-electron chi connectivity index (χ3n) is 3.29. The minimum absolute atomic E-state index is 0.146. The monoisotopic (exact) mass is 241 g/mol. The summed E-state index contributed by atoms with van der Waals surface area (Å²) in [7, 11) is 0. The number of nitrogens with two attached hydrogens (primary N) is 1. The molecule has 0 aliphatic carbocycles. The van der Waals surface area contributed by atoms with Gasteiger partial charge in [0, 0.05) is 26.2 Å². The van der Waals surface area contributed by atoms with E-state index in [1.165, 1.54) is 0 Å². The molecule has 6 heteroatoms. The Labute approximate surface area is 101 Å². The Morgan fingerprint density at radius 3 is 2.59 bits per heavy atom. The normalized spacial score (nSPS) is 26.1. The minimum Gasteiger partial charge on any atom is -0.367 e. The van der Waals surface area contributed by atoms with Gasteiger partial charge in [0.25, 0.3) is 0 Å². The Morgan fingerprint density at radius 2 is 1.94 bits per heavy atom. The van der Waals surface area contributed by atoms with E-state index >= 15 is 0 Å². The van der Waals surface area contributed by atoms with Gasteiger partial charge in [-0.05, 0) is 12.8 Å². The largest absolute Gasteiger partial charge is 0.367 e. The van der Waals surface area contributed by atoms with Gasteiger partial charge < -0.3 is 15.4 Å². The lowest BCUT2D eigenvalue weighted by Crippen LogP contribution is -2.51. The molecule has 1 unspecified atom stereocenters. The van der Waals surface area contributed by atoms with E-state index in [0.717, 1.165) is 25.9 Å². The zero-order chi connectivity index (χ0) is 12.3. The predicted molar refractivity (Wildman–Crippen MR) is 61.2 cm³/mol. The Kier molecular flexibility index (Phi) is 3.96. The van der Waals surface area contributed by atoms with Gasteiger partial charge in [-0.3, -0.25) is 14.5 Å². The fraction of sp³-hybridized carbons (Fsp3) is 0.818. The third kappa shape index (κ3) is 3.17. The number of amides is 2. The molecule has 2 aliphatic heterocycles. The number of ether oxygens (including phenoxy) is 1. The minimum atomic E-state index is -0.574. The number of morpholine rings is 1. The standard InChI is InChI=1S/C11H19N3O3/c12-11(16)9-7-13(5-6-17-9)8-10(15)14-3-1-2-4-14/h9H,1-8H2,(H2,12,16). The van der Waals surface area contributed by atoms with Crippen molar-refractivity contribution in [1.29, 1.82) is 0 Å². The summed E-state index contributed by atoms with van der Waals surface area (Å²) in [5.74, 6) is -0.309. The van der Waals surface area contributed by atoms with E-state index in [1.54, 1.807) is 0 Å². The van der Waals surface area contributed by atoms with Gasteiger partial charge in [-0.15, -0.1) is 0 Å². The highest BCUT2D eigenvalue weighted by Crippen LogP contribution is 2.10. The highest BCUT2D eigenvalue weighted by Gasteiger charge is 2.27. The van der Waals surface area contributed by atoms with Crippen LogP contribution in [0.25, 0.3) is 0 Å². The summed E-state index contributed by atoms with van der Waals surface area (Å²) >= 11 is 0. The van der Waals surface area contributed by atoms with Gasteiger partial charge in [0.1, 0.15) is 6.10 Å². The molecule has 2 amide bonds. The highest BCUT2D eigenvalue weighted by molar-refractivity contribution is 5.80. The summed E-state index contributed by atoms with van der Waals surface area (Å²) in [6.45, 7) is 3.66. The van der Waals surface area contributed by atoms with Gasteiger partial charge in [-0.1, -0.05) is 0 Å². The summed E-state index contributed by atoms with van der Waals surface area (Å²) in [6, 6.07) is 0. The average molecular weight is 241 g/mol. The molecule has 0 radical (unpaired) electrons. The molecule has 6 nitrogen and oxygen atoms in total. The van der Waals surface area contributed by atoms with Crippen LogP contribution in [0.3, 0.4) is 0 Å². The molecule has 2 fully saturated rings. The van der Waals surface area contributed by atoms with Crippen LogP contribution in [-0.2, 0) is 14.3 Å². The zero-order valence-corrected chi connectivity index (χ0v) is 9.93. The van der Waals surface area contributed by atoms with Crippen molar-refractivity contribution in [2.45, 2.75) is 18.9 Å². The van der Waals surface area contributed by atoms with Crippen LogP contribution in [0, 0.1) is 0 Å². The molecule has 0 saturated carbocycles. The van der Waals surface area contributed by atoms with Crippen LogP contribution in [0.4, 0.5) is 0 Å². The summed E-state index contributed by atoms with van der Waals surface area (Å²) < 4.78 is 5.24. The van der Waals surface area contributed by atoms with E-state index in [9.17, 15) is 9.59 Å². The Bertz CT molecular complexity index is 302. The van der Waals surface area contributed by atoms with Crippen molar-refractivity contribution in [1.82, 2.24) is 9.80 Å². The van der Waals surface area contributed by atoms with Gasteiger partial charge in [0.05, 0.1) is 13.2 Å². The first-order valence-corrected chi connectivity index (χ1v) is 6.08. The quantitative estimate of drug-likeness (QED) is 0.673. The molecule has 2 heterocycles. The number of rotatable bonds is 3. The Morgan fingerprint density at radius 1 is 1.24 bits per heavy atom. The molecule has 96 valence electrons. The molecule has 0 aromatic rings. The summed E-state index contributed by atoms with van der Waals surface area (Å²) in [4.78, 5) is 26.8. The lowest BCUT2D eigenvalue weighted by molar-refractivity contribution is -0.140. The van der Waals surface area contributed by atoms with Crippen molar-refractivity contribution in [2.75, 3.05) is 39.3 Å². The van der Waals surface area contributed by atoms with Gasteiger partial charge in [-0.2, -0.15) is 0 Å². The third-order valence-corrected chi connectivity index (χ3v) is 3.29. The van der Waals surface area contributed by atoms with Crippen molar-refractivity contribution < 1.29 is 14.3 Å². The van der Waals surface area contributed by atoms with Crippen molar-refractivity contribution in [3.05, 3.63) is 0 Å².